The van der Waals surface area contributed by atoms with E-state index >= 15 is 0 Å². The van der Waals surface area contributed by atoms with E-state index in [1.807, 2.05) is 0 Å². The Morgan fingerprint density at radius 2 is 1.50 bits per heavy atom. The van der Waals surface area contributed by atoms with Crippen LogP contribution in [0.4, 0.5) is 0 Å². The predicted octanol–water partition coefficient (Wildman–Crippen LogP) is 2.32. The molecule has 0 aromatic carbocycles. The van der Waals surface area contributed by atoms with Crippen LogP contribution in [-0.2, 0) is 23.9 Å². The van der Waals surface area contributed by atoms with Crippen molar-refractivity contribution in [3.63, 3.8) is 0 Å². The van der Waals surface area contributed by atoms with Crippen molar-refractivity contribution >= 4 is 17.9 Å². The average molecular weight is 312 g/mol. The number of hydrogen-bond donors (Lipinski definition) is 1. The second-order valence-corrected chi connectivity index (χ2v) is 5.68. The first kappa shape index (κ1) is 18.2. The summed E-state index contributed by atoms with van der Waals surface area (Å²) >= 11 is 0. The van der Waals surface area contributed by atoms with E-state index in [1.54, 1.807) is 6.92 Å². The standard InChI is InChI=1S/C16H24O6/c1-11(2)15(19)21-9-3-4-10-22-16(20)13-7-5-12(6-8-13)14(17)18/h12-13H,1,3-10H2,2H3,(H,17,18). The van der Waals surface area contributed by atoms with Gasteiger partial charge in [-0.2, -0.15) is 0 Å². The minimum Gasteiger partial charge on any atom is -0.481 e. The normalized spacial score (nSPS) is 21.0. The molecule has 1 aliphatic carbocycles. The van der Waals surface area contributed by atoms with Gasteiger partial charge in [0.05, 0.1) is 25.0 Å². The van der Waals surface area contributed by atoms with E-state index in [1.165, 1.54) is 0 Å². The van der Waals surface area contributed by atoms with Crippen LogP contribution in [0.5, 0.6) is 0 Å². The number of carbonyl (C=O) groups excluding carboxylic acids is 2. The van der Waals surface area contributed by atoms with Gasteiger partial charge in [0.25, 0.3) is 0 Å². The molecule has 0 amide bonds. The number of hydrogen-bond acceptors (Lipinski definition) is 5. The summed E-state index contributed by atoms with van der Waals surface area (Å²) in [6.45, 7) is 5.65. The van der Waals surface area contributed by atoms with Crippen LogP contribution in [0.1, 0.15) is 45.4 Å². The molecule has 1 aliphatic rings. The first-order valence-electron chi connectivity index (χ1n) is 7.64. The predicted molar refractivity (Wildman–Crippen MR) is 79.0 cm³/mol. The van der Waals surface area contributed by atoms with Gasteiger partial charge >= 0.3 is 17.9 Å². The summed E-state index contributed by atoms with van der Waals surface area (Å²) in [6, 6.07) is 0. The molecule has 0 aromatic rings. The van der Waals surface area contributed by atoms with Gasteiger partial charge in [0.1, 0.15) is 0 Å². The SMILES string of the molecule is C=C(C)C(=O)OCCCCOC(=O)C1CCC(C(=O)O)CC1. The van der Waals surface area contributed by atoms with E-state index in [0.29, 0.717) is 50.7 Å². The Kier molecular flexibility index (Phi) is 7.63. The van der Waals surface area contributed by atoms with Crippen LogP contribution in [0.2, 0.25) is 0 Å². The minimum absolute atomic E-state index is 0.183. The summed E-state index contributed by atoms with van der Waals surface area (Å²) in [5.41, 5.74) is 0.364. The number of rotatable bonds is 8. The van der Waals surface area contributed by atoms with Crippen LogP contribution in [0.15, 0.2) is 12.2 Å². The van der Waals surface area contributed by atoms with E-state index in [2.05, 4.69) is 6.58 Å². The molecule has 6 nitrogen and oxygen atoms in total. The van der Waals surface area contributed by atoms with Crippen LogP contribution in [0, 0.1) is 11.8 Å². The molecule has 1 saturated carbocycles. The van der Waals surface area contributed by atoms with E-state index in [0.717, 1.165) is 0 Å². The number of ether oxygens (including phenoxy) is 2. The average Bonchev–Trinajstić information content (AvgIpc) is 2.50. The molecule has 1 fully saturated rings. The highest BCUT2D eigenvalue weighted by Crippen LogP contribution is 2.29. The fraction of sp³-hybridized carbons (Fsp3) is 0.688. The highest BCUT2D eigenvalue weighted by atomic mass is 16.5. The van der Waals surface area contributed by atoms with Crippen molar-refractivity contribution < 1.29 is 29.0 Å². The summed E-state index contributed by atoms with van der Waals surface area (Å²) in [7, 11) is 0. The zero-order valence-corrected chi connectivity index (χ0v) is 13.0. The van der Waals surface area contributed by atoms with E-state index in [-0.39, 0.29) is 24.4 Å². The molecule has 0 atom stereocenters. The third kappa shape index (κ3) is 6.28. The summed E-state index contributed by atoms with van der Waals surface area (Å²) in [4.78, 5) is 33.8. The highest BCUT2D eigenvalue weighted by molar-refractivity contribution is 5.86. The van der Waals surface area contributed by atoms with Crippen molar-refractivity contribution in [2.75, 3.05) is 13.2 Å². The molecule has 0 saturated heterocycles. The molecule has 22 heavy (non-hydrogen) atoms. The van der Waals surface area contributed by atoms with E-state index in [9.17, 15) is 14.4 Å². The molecule has 0 bridgehead atoms. The first-order valence-corrected chi connectivity index (χ1v) is 7.64. The third-order valence-electron chi connectivity index (χ3n) is 3.77. The van der Waals surface area contributed by atoms with E-state index in [4.69, 9.17) is 14.6 Å². The second-order valence-electron chi connectivity index (χ2n) is 5.68. The third-order valence-corrected chi connectivity index (χ3v) is 3.77. The van der Waals surface area contributed by atoms with Crippen molar-refractivity contribution in [1.29, 1.82) is 0 Å². The van der Waals surface area contributed by atoms with Gasteiger partial charge in [-0.3, -0.25) is 9.59 Å². The first-order chi connectivity index (χ1) is 10.4. The minimum atomic E-state index is -0.781. The molecule has 0 aliphatic heterocycles. The number of carbonyl (C=O) groups is 3. The Bertz CT molecular complexity index is 420. The molecule has 124 valence electrons. The molecule has 6 heteroatoms. The van der Waals surface area contributed by atoms with Gasteiger partial charge < -0.3 is 14.6 Å². The lowest BCUT2D eigenvalue weighted by Crippen LogP contribution is -2.27. The zero-order chi connectivity index (χ0) is 16.5. The van der Waals surface area contributed by atoms with Gasteiger partial charge in [-0.1, -0.05) is 6.58 Å². The Balaban J connectivity index is 2.08. The highest BCUT2D eigenvalue weighted by Gasteiger charge is 2.30. The summed E-state index contributed by atoms with van der Waals surface area (Å²) < 4.78 is 10.1. The van der Waals surface area contributed by atoms with Crippen LogP contribution in [0.25, 0.3) is 0 Å². The molecule has 0 radical (unpaired) electrons. The lowest BCUT2D eigenvalue weighted by molar-refractivity contribution is -0.153. The number of esters is 2. The van der Waals surface area contributed by atoms with Crippen LogP contribution in [-0.4, -0.2) is 36.2 Å². The van der Waals surface area contributed by atoms with Crippen LogP contribution >= 0.6 is 0 Å². The molecule has 0 aromatic heterocycles. The molecular weight excluding hydrogens is 288 g/mol. The Hall–Kier alpha value is -1.85. The van der Waals surface area contributed by atoms with Crippen molar-refractivity contribution in [2.45, 2.75) is 45.4 Å². The maximum Gasteiger partial charge on any atom is 0.333 e. The quantitative estimate of drug-likeness (QED) is 0.420. The van der Waals surface area contributed by atoms with Gasteiger partial charge in [0.2, 0.25) is 0 Å². The second kappa shape index (κ2) is 9.23. The number of carboxylic acids is 1. The summed E-state index contributed by atoms with van der Waals surface area (Å²) in [5.74, 6) is -1.95. The summed E-state index contributed by atoms with van der Waals surface area (Å²) in [6.07, 6.45) is 3.47. The molecule has 0 unspecified atom stereocenters. The number of aliphatic carboxylic acids is 1. The van der Waals surface area contributed by atoms with Crippen molar-refractivity contribution in [1.82, 2.24) is 0 Å². The number of carboxylic acid groups (broad SMARTS) is 1. The van der Waals surface area contributed by atoms with Crippen LogP contribution in [0.3, 0.4) is 0 Å². The Morgan fingerprint density at radius 1 is 1.00 bits per heavy atom. The van der Waals surface area contributed by atoms with Gasteiger partial charge in [-0.05, 0) is 45.4 Å². The van der Waals surface area contributed by atoms with E-state index < -0.39 is 11.9 Å². The fourth-order valence-electron chi connectivity index (χ4n) is 2.36. The molecular formula is C16H24O6. The van der Waals surface area contributed by atoms with Crippen molar-refractivity contribution in [3.8, 4) is 0 Å². The monoisotopic (exact) mass is 312 g/mol. The molecule has 1 N–H and O–H groups in total. The topological polar surface area (TPSA) is 89.9 Å². The molecule has 1 rings (SSSR count). The maximum atomic E-state index is 11.8. The van der Waals surface area contributed by atoms with Gasteiger partial charge in [-0.15, -0.1) is 0 Å². The lowest BCUT2D eigenvalue weighted by atomic mass is 9.82. The van der Waals surface area contributed by atoms with Crippen molar-refractivity contribution in [2.24, 2.45) is 11.8 Å². The fourth-order valence-corrected chi connectivity index (χ4v) is 2.36. The number of unbranched alkanes of at least 4 members (excludes halogenated alkanes) is 1. The Labute approximate surface area is 130 Å². The largest absolute Gasteiger partial charge is 0.481 e. The summed E-state index contributed by atoms with van der Waals surface area (Å²) in [5, 5.41) is 8.90. The van der Waals surface area contributed by atoms with Crippen molar-refractivity contribution in [3.05, 3.63) is 12.2 Å². The molecule has 0 spiro atoms. The van der Waals surface area contributed by atoms with Gasteiger partial charge in [0, 0.05) is 5.57 Å². The van der Waals surface area contributed by atoms with Crippen LogP contribution < -0.4 is 0 Å². The maximum absolute atomic E-state index is 11.8. The Morgan fingerprint density at radius 3 is 2.00 bits per heavy atom. The molecule has 0 heterocycles. The smallest absolute Gasteiger partial charge is 0.333 e. The van der Waals surface area contributed by atoms with Gasteiger partial charge in [-0.25, -0.2) is 4.79 Å². The van der Waals surface area contributed by atoms with Gasteiger partial charge in [0.15, 0.2) is 0 Å². The lowest BCUT2D eigenvalue weighted by Gasteiger charge is -2.24. The zero-order valence-electron chi connectivity index (χ0n) is 13.0.